The number of benzene rings is 3. The molecule has 1 N–H and O–H groups in total. The summed E-state index contributed by atoms with van der Waals surface area (Å²) in [4.78, 5) is 39.1. The summed E-state index contributed by atoms with van der Waals surface area (Å²) < 4.78 is 40.4. The molecular weight excluding hydrogens is 461 g/mol. The quantitative estimate of drug-likeness (QED) is 0.459. The highest BCUT2D eigenvalue weighted by Gasteiger charge is 2.30. The molecule has 1 heterocycles. The van der Waals surface area contributed by atoms with Crippen molar-refractivity contribution in [3.63, 3.8) is 0 Å². The molecule has 0 fully saturated rings. The summed E-state index contributed by atoms with van der Waals surface area (Å²) >= 11 is 0. The van der Waals surface area contributed by atoms with E-state index in [2.05, 4.69) is 10.4 Å². The summed E-state index contributed by atoms with van der Waals surface area (Å²) in [6.45, 7) is -0.214. The lowest BCUT2D eigenvalue weighted by Gasteiger charge is -2.13. The van der Waals surface area contributed by atoms with Gasteiger partial charge in [-0.05, 0) is 35.4 Å². The number of para-hydroxylation sites is 1. The van der Waals surface area contributed by atoms with Gasteiger partial charge in [0.15, 0.2) is 0 Å². The second-order valence-corrected chi connectivity index (χ2v) is 7.63. The summed E-state index contributed by atoms with van der Waals surface area (Å²) in [6.07, 6.45) is -4.52. The number of nitrogens with one attached hydrogen (secondary N) is 1. The van der Waals surface area contributed by atoms with E-state index in [4.69, 9.17) is 0 Å². The second kappa shape index (κ2) is 9.80. The molecule has 0 spiro atoms. The molecular formula is C25H19F3N4O3. The Hall–Kier alpha value is -4.47. The van der Waals surface area contributed by atoms with Crippen molar-refractivity contribution in [2.75, 3.05) is 0 Å². The van der Waals surface area contributed by atoms with Gasteiger partial charge in [-0.2, -0.15) is 23.0 Å². The topological polar surface area (TPSA) is 86.0 Å². The van der Waals surface area contributed by atoms with Crippen molar-refractivity contribution >= 4 is 5.91 Å². The molecule has 4 aromatic rings. The lowest BCUT2D eigenvalue weighted by atomic mass is 10.1. The lowest BCUT2D eigenvalue weighted by Crippen LogP contribution is -2.46. The molecule has 0 aliphatic rings. The highest BCUT2D eigenvalue weighted by atomic mass is 19.4. The molecule has 3 aromatic carbocycles. The number of carbonyl (C=O) groups excluding carboxylic acids is 1. The predicted octanol–water partition coefficient (Wildman–Crippen LogP) is 3.39. The smallest absolute Gasteiger partial charge is 0.346 e. The van der Waals surface area contributed by atoms with Crippen molar-refractivity contribution in [1.29, 1.82) is 0 Å². The Morgan fingerprint density at radius 3 is 2.03 bits per heavy atom. The number of rotatable bonds is 6. The molecule has 0 aliphatic heterocycles. The van der Waals surface area contributed by atoms with Crippen molar-refractivity contribution in [3.05, 3.63) is 128 Å². The number of hydrogen-bond acceptors (Lipinski definition) is 4. The SMILES string of the molecule is O=C(NCc1ccccc1)c1nn(-c2ccccc2)c(=O)n(Cc2ccc(C(F)(F)F)cc2)c1=O. The Morgan fingerprint density at radius 2 is 1.43 bits per heavy atom. The van der Waals surface area contributed by atoms with Crippen LogP contribution in [0.15, 0.2) is 94.5 Å². The second-order valence-electron chi connectivity index (χ2n) is 7.63. The van der Waals surface area contributed by atoms with Gasteiger partial charge in [0.2, 0.25) is 5.69 Å². The zero-order valence-electron chi connectivity index (χ0n) is 18.2. The van der Waals surface area contributed by atoms with Crippen LogP contribution in [0.4, 0.5) is 13.2 Å². The zero-order valence-corrected chi connectivity index (χ0v) is 18.2. The standard InChI is InChI=1S/C25H19F3N4O3/c26-25(27,28)19-13-11-18(12-14-19)16-31-23(34)21(22(33)29-15-17-7-3-1-4-8-17)30-32(24(31)35)20-9-5-2-6-10-20/h1-14H,15-16H2,(H,29,33). The normalized spacial score (nSPS) is 11.3. The summed E-state index contributed by atoms with van der Waals surface area (Å²) in [7, 11) is 0. The monoisotopic (exact) mass is 480 g/mol. The van der Waals surface area contributed by atoms with Crippen LogP contribution in [0.3, 0.4) is 0 Å². The summed E-state index contributed by atoms with van der Waals surface area (Å²) in [5.41, 5.74) is -1.77. The summed E-state index contributed by atoms with van der Waals surface area (Å²) in [5, 5.41) is 6.63. The molecule has 178 valence electrons. The predicted molar refractivity (Wildman–Crippen MR) is 122 cm³/mol. The Bertz CT molecular complexity index is 1450. The Labute approximate surface area is 197 Å². The van der Waals surface area contributed by atoms with Crippen LogP contribution in [0.25, 0.3) is 5.69 Å². The number of hydrogen-bond donors (Lipinski definition) is 1. The third-order valence-electron chi connectivity index (χ3n) is 5.19. The molecule has 7 nitrogen and oxygen atoms in total. The van der Waals surface area contributed by atoms with Crippen LogP contribution >= 0.6 is 0 Å². The number of halogens is 3. The minimum atomic E-state index is -4.52. The van der Waals surface area contributed by atoms with Crippen LogP contribution in [0.5, 0.6) is 0 Å². The molecule has 0 radical (unpaired) electrons. The van der Waals surface area contributed by atoms with Gasteiger partial charge in [-0.1, -0.05) is 60.7 Å². The van der Waals surface area contributed by atoms with E-state index in [1.54, 1.807) is 54.6 Å². The Kier molecular flexibility index (Phi) is 6.63. The maximum absolute atomic E-state index is 13.1. The zero-order chi connectivity index (χ0) is 25.0. The summed E-state index contributed by atoms with van der Waals surface area (Å²) in [5.74, 6) is -0.787. The molecule has 1 aromatic heterocycles. The molecule has 35 heavy (non-hydrogen) atoms. The largest absolute Gasteiger partial charge is 0.416 e. The van der Waals surface area contributed by atoms with Crippen LogP contribution in [-0.4, -0.2) is 20.3 Å². The van der Waals surface area contributed by atoms with Gasteiger partial charge < -0.3 is 5.32 Å². The number of amides is 1. The fourth-order valence-electron chi connectivity index (χ4n) is 3.38. The highest BCUT2D eigenvalue weighted by Crippen LogP contribution is 2.29. The third-order valence-corrected chi connectivity index (χ3v) is 5.19. The fourth-order valence-corrected chi connectivity index (χ4v) is 3.38. The maximum atomic E-state index is 13.1. The highest BCUT2D eigenvalue weighted by molar-refractivity contribution is 5.91. The van der Waals surface area contributed by atoms with E-state index in [1.807, 2.05) is 6.07 Å². The van der Waals surface area contributed by atoms with Crippen molar-refractivity contribution in [2.24, 2.45) is 0 Å². The van der Waals surface area contributed by atoms with E-state index >= 15 is 0 Å². The molecule has 0 aliphatic carbocycles. The van der Waals surface area contributed by atoms with E-state index in [0.717, 1.165) is 26.9 Å². The number of aromatic nitrogens is 3. The molecule has 0 unspecified atom stereocenters. The molecule has 0 saturated heterocycles. The van der Waals surface area contributed by atoms with Gasteiger partial charge in [0.05, 0.1) is 17.8 Å². The Balaban J connectivity index is 1.74. The average Bonchev–Trinajstić information content (AvgIpc) is 2.86. The van der Waals surface area contributed by atoms with Crippen molar-refractivity contribution in [2.45, 2.75) is 19.3 Å². The number of nitrogens with zero attached hydrogens (tertiary/aromatic N) is 3. The minimum Gasteiger partial charge on any atom is -0.346 e. The van der Waals surface area contributed by atoms with Crippen LogP contribution in [0, 0.1) is 0 Å². The van der Waals surface area contributed by atoms with Crippen molar-refractivity contribution in [1.82, 2.24) is 19.7 Å². The van der Waals surface area contributed by atoms with E-state index < -0.39 is 34.6 Å². The van der Waals surface area contributed by atoms with Crippen LogP contribution in [-0.2, 0) is 19.3 Å². The van der Waals surface area contributed by atoms with Crippen molar-refractivity contribution < 1.29 is 18.0 Å². The first kappa shape index (κ1) is 23.7. The fraction of sp³-hybridized carbons (Fsp3) is 0.120. The van der Waals surface area contributed by atoms with E-state index in [9.17, 15) is 27.6 Å². The average molecular weight is 480 g/mol. The molecule has 0 atom stereocenters. The maximum Gasteiger partial charge on any atom is 0.416 e. The van der Waals surface area contributed by atoms with Crippen LogP contribution in [0.2, 0.25) is 0 Å². The van der Waals surface area contributed by atoms with Crippen molar-refractivity contribution in [3.8, 4) is 5.69 Å². The van der Waals surface area contributed by atoms with E-state index in [0.29, 0.717) is 5.69 Å². The van der Waals surface area contributed by atoms with Crippen LogP contribution in [0.1, 0.15) is 27.2 Å². The molecule has 1 amide bonds. The van der Waals surface area contributed by atoms with E-state index in [-0.39, 0.29) is 18.7 Å². The van der Waals surface area contributed by atoms with Gasteiger partial charge in [-0.15, -0.1) is 0 Å². The summed E-state index contributed by atoms with van der Waals surface area (Å²) in [6, 6.07) is 21.3. The molecule has 0 saturated carbocycles. The first-order valence-corrected chi connectivity index (χ1v) is 10.5. The van der Waals surface area contributed by atoms with Gasteiger partial charge >= 0.3 is 11.9 Å². The lowest BCUT2D eigenvalue weighted by molar-refractivity contribution is -0.137. The minimum absolute atomic E-state index is 0.129. The Morgan fingerprint density at radius 1 is 0.829 bits per heavy atom. The first-order valence-electron chi connectivity index (χ1n) is 10.5. The third kappa shape index (κ3) is 5.37. The first-order chi connectivity index (χ1) is 16.7. The van der Waals surface area contributed by atoms with Gasteiger partial charge in [0, 0.05) is 6.54 Å². The molecule has 10 heteroatoms. The number of alkyl halides is 3. The van der Waals surface area contributed by atoms with Gasteiger partial charge in [-0.3, -0.25) is 14.2 Å². The van der Waals surface area contributed by atoms with Gasteiger partial charge in [-0.25, -0.2) is 4.79 Å². The van der Waals surface area contributed by atoms with Crippen LogP contribution < -0.4 is 16.6 Å². The number of carbonyl (C=O) groups is 1. The molecule has 0 bridgehead atoms. The van der Waals surface area contributed by atoms with Gasteiger partial charge in [0.25, 0.3) is 11.5 Å². The molecule has 4 rings (SSSR count). The van der Waals surface area contributed by atoms with Gasteiger partial charge in [0.1, 0.15) is 0 Å². The van der Waals surface area contributed by atoms with E-state index in [1.165, 1.54) is 12.1 Å².